The fourth-order valence-electron chi connectivity index (χ4n) is 2.94. The zero-order valence-corrected chi connectivity index (χ0v) is 10.5. The summed E-state index contributed by atoms with van der Waals surface area (Å²) in [6.45, 7) is 5.04. The molecule has 0 amide bonds. The van der Waals surface area contributed by atoms with Crippen LogP contribution in [0.1, 0.15) is 52.4 Å². The maximum Gasteiger partial charge on any atom is 0.303 e. The highest BCUT2D eigenvalue weighted by Crippen LogP contribution is 2.40. The molecular weight excluding hydrogens is 202 g/mol. The molecule has 1 aliphatic carbocycles. The highest BCUT2D eigenvalue weighted by Gasteiger charge is 2.34. The summed E-state index contributed by atoms with van der Waals surface area (Å²) in [6, 6.07) is 0. The van der Waals surface area contributed by atoms with Crippen LogP contribution in [0.15, 0.2) is 0 Å². The molecule has 0 aromatic carbocycles. The van der Waals surface area contributed by atoms with Gasteiger partial charge in [0.2, 0.25) is 0 Å². The van der Waals surface area contributed by atoms with Gasteiger partial charge in [-0.25, -0.2) is 0 Å². The van der Waals surface area contributed by atoms with E-state index in [1.54, 1.807) is 0 Å². The number of aliphatic carboxylic acids is 1. The third-order valence-corrected chi connectivity index (χ3v) is 4.23. The van der Waals surface area contributed by atoms with E-state index in [1.807, 2.05) is 0 Å². The van der Waals surface area contributed by atoms with Crippen LogP contribution in [0, 0.1) is 17.3 Å². The summed E-state index contributed by atoms with van der Waals surface area (Å²) in [4.78, 5) is 10.9. The molecule has 0 aromatic heterocycles. The van der Waals surface area contributed by atoms with Crippen LogP contribution in [0.4, 0.5) is 0 Å². The Morgan fingerprint density at radius 2 is 2.12 bits per heavy atom. The molecule has 0 radical (unpaired) electrons. The van der Waals surface area contributed by atoms with Gasteiger partial charge in [-0.2, -0.15) is 0 Å². The molecule has 1 saturated carbocycles. The van der Waals surface area contributed by atoms with Gasteiger partial charge in [0.15, 0.2) is 0 Å². The Kier molecular flexibility index (Phi) is 4.78. The zero-order valence-electron chi connectivity index (χ0n) is 10.5. The van der Waals surface area contributed by atoms with Crippen molar-refractivity contribution in [1.82, 2.24) is 0 Å². The van der Waals surface area contributed by atoms with Crippen LogP contribution in [0.2, 0.25) is 0 Å². The fraction of sp³-hybridized carbons (Fsp3) is 0.923. The summed E-state index contributed by atoms with van der Waals surface area (Å²) in [6.07, 6.45) is 5.72. The summed E-state index contributed by atoms with van der Waals surface area (Å²) < 4.78 is 0. The van der Waals surface area contributed by atoms with E-state index in [2.05, 4.69) is 13.8 Å². The average molecular weight is 227 g/mol. The summed E-state index contributed by atoms with van der Waals surface area (Å²) in [7, 11) is 0. The molecule has 0 aromatic rings. The summed E-state index contributed by atoms with van der Waals surface area (Å²) >= 11 is 0. The number of carbonyl (C=O) groups is 1. The number of nitrogens with two attached hydrogens (primary N) is 1. The van der Waals surface area contributed by atoms with Gasteiger partial charge < -0.3 is 10.8 Å². The lowest BCUT2D eigenvalue weighted by Crippen LogP contribution is -2.32. The normalized spacial score (nSPS) is 31.4. The molecule has 3 N–H and O–H groups in total. The van der Waals surface area contributed by atoms with Gasteiger partial charge in [0.25, 0.3) is 0 Å². The van der Waals surface area contributed by atoms with Gasteiger partial charge in [-0.1, -0.05) is 26.7 Å². The minimum absolute atomic E-state index is 0.129. The monoisotopic (exact) mass is 227 g/mol. The van der Waals surface area contributed by atoms with Crippen molar-refractivity contribution in [2.45, 2.75) is 52.4 Å². The quantitative estimate of drug-likeness (QED) is 0.726. The predicted octanol–water partition coefficient (Wildman–Crippen LogP) is 2.64. The van der Waals surface area contributed by atoms with Crippen LogP contribution >= 0.6 is 0 Å². The van der Waals surface area contributed by atoms with Gasteiger partial charge in [-0.3, -0.25) is 4.79 Å². The molecule has 0 aliphatic heterocycles. The smallest absolute Gasteiger partial charge is 0.303 e. The Morgan fingerprint density at radius 3 is 2.62 bits per heavy atom. The summed E-state index contributed by atoms with van der Waals surface area (Å²) in [5.41, 5.74) is 5.68. The van der Waals surface area contributed by atoms with E-state index in [0.717, 1.165) is 31.6 Å². The van der Waals surface area contributed by atoms with E-state index < -0.39 is 5.97 Å². The van der Waals surface area contributed by atoms with E-state index >= 15 is 0 Å². The Labute approximate surface area is 98.4 Å². The minimum Gasteiger partial charge on any atom is -0.481 e. The minimum atomic E-state index is -0.701. The molecule has 0 heterocycles. The summed E-state index contributed by atoms with van der Waals surface area (Å²) in [5.74, 6) is 0.758. The summed E-state index contributed by atoms with van der Waals surface area (Å²) in [5, 5.41) is 8.97. The fourth-order valence-corrected chi connectivity index (χ4v) is 2.94. The molecule has 94 valence electrons. The zero-order chi connectivity index (χ0) is 12.2. The number of hydrogen-bond acceptors (Lipinski definition) is 2. The molecule has 3 nitrogen and oxygen atoms in total. The predicted molar refractivity (Wildman–Crippen MR) is 65.2 cm³/mol. The maximum absolute atomic E-state index is 10.9. The van der Waals surface area contributed by atoms with E-state index in [0.29, 0.717) is 12.5 Å². The van der Waals surface area contributed by atoms with Crippen LogP contribution in [0.5, 0.6) is 0 Å². The molecule has 2 atom stereocenters. The Morgan fingerprint density at radius 1 is 1.44 bits per heavy atom. The molecule has 0 spiro atoms. The molecule has 2 unspecified atom stereocenters. The standard InChI is InChI=1S/C13H25NO2/c1-10(2)11-4-3-6-13(9-14,7-5-11)8-12(15)16/h10-11H,3-9,14H2,1-2H3,(H,15,16). The lowest BCUT2D eigenvalue weighted by atomic mass is 9.77. The van der Waals surface area contributed by atoms with E-state index in [4.69, 9.17) is 10.8 Å². The second-order valence-electron chi connectivity index (χ2n) is 5.71. The molecule has 3 heteroatoms. The molecule has 1 rings (SSSR count). The number of hydrogen-bond donors (Lipinski definition) is 2. The van der Waals surface area contributed by atoms with Gasteiger partial charge in [0, 0.05) is 0 Å². The first kappa shape index (κ1) is 13.5. The molecule has 1 aliphatic rings. The largest absolute Gasteiger partial charge is 0.481 e. The van der Waals surface area contributed by atoms with Gasteiger partial charge >= 0.3 is 5.97 Å². The van der Waals surface area contributed by atoms with Gasteiger partial charge in [0.1, 0.15) is 0 Å². The topological polar surface area (TPSA) is 63.3 Å². The van der Waals surface area contributed by atoms with Crippen LogP contribution in [-0.4, -0.2) is 17.6 Å². The van der Waals surface area contributed by atoms with Crippen molar-refractivity contribution >= 4 is 5.97 Å². The lowest BCUT2D eigenvalue weighted by Gasteiger charge is -2.29. The lowest BCUT2D eigenvalue weighted by molar-refractivity contribution is -0.139. The van der Waals surface area contributed by atoms with Crippen LogP contribution in [-0.2, 0) is 4.79 Å². The van der Waals surface area contributed by atoms with Crippen molar-refractivity contribution in [3.05, 3.63) is 0 Å². The Bertz CT molecular complexity index is 240. The Hall–Kier alpha value is -0.570. The van der Waals surface area contributed by atoms with Crippen LogP contribution < -0.4 is 5.73 Å². The molecule has 0 bridgehead atoms. The van der Waals surface area contributed by atoms with Crippen molar-refractivity contribution in [2.75, 3.05) is 6.54 Å². The molecular formula is C13H25NO2. The maximum atomic E-state index is 10.9. The first-order chi connectivity index (χ1) is 7.49. The van der Waals surface area contributed by atoms with Crippen molar-refractivity contribution in [1.29, 1.82) is 0 Å². The van der Waals surface area contributed by atoms with Crippen molar-refractivity contribution in [3.63, 3.8) is 0 Å². The first-order valence-corrected chi connectivity index (χ1v) is 6.41. The highest BCUT2D eigenvalue weighted by molar-refractivity contribution is 5.67. The number of carboxylic acid groups (broad SMARTS) is 1. The van der Waals surface area contributed by atoms with Crippen molar-refractivity contribution in [2.24, 2.45) is 23.0 Å². The first-order valence-electron chi connectivity index (χ1n) is 6.41. The van der Waals surface area contributed by atoms with Gasteiger partial charge in [-0.05, 0) is 43.1 Å². The number of carboxylic acids is 1. The highest BCUT2D eigenvalue weighted by atomic mass is 16.4. The average Bonchev–Trinajstić information content (AvgIpc) is 2.40. The Balaban J connectivity index is 2.64. The second-order valence-corrected chi connectivity index (χ2v) is 5.71. The molecule has 1 fully saturated rings. The SMILES string of the molecule is CC(C)C1CCCC(CN)(CC(=O)O)CC1. The van der Waals surface area contributed by atoms with Crippen molar-refractivity contribution in [3.8, 4) is 0 Å². The van der Waals surface area contributed by atoms with E-state index in [1.165, 1.54) is 6.42 Å². The van der Waals surface area contributed by atoms with Crippen LogP contribution in [0.3, 0.4) is 0 Å². The second kappa shape index (κ2) is 5.67. The van der Waals surface area contributed by atoms with Gasteiger partial charge in [-0.15, -0.1) is 0 Å². The third kappa shape index (κ3) is 3.48. The van der Waals surface area contributed by atoms with Gasteiger partial charge in [0.05, 0.1) is 6.42 Å². The van der Waals surface area contributed by atoms with E-state index in [9.17, 15) is 4.79 Å². The van der Waals surface area contributed by atoms with Crippen LogP contribution in [0.25, 0.3) is 0 Å². The third-order valence-electron chi connectivity index (χ3n) is 4.23. The van der Waals surface area contributed by atoms with Crippen molar-refractivity contribution < 1.29 is 9.90 Å². The molecule has 16 heavy (non-hydrogen) atoms. The molecule has 0 saturated heterocycles. The van der Waals surface area contributed by atoms with E-state index in [-0.39, 0.29) is 11.8 Å². The number of rotatable bonds is 4.